The lowest BCUT2D eigenvalue weighted by Gasteiger charge is -2.14. The molecule has 0 rings (SSSR count). The van der Waals surface area contributed by atoms with Crippen LogP contribution < -0.4 is 5.32 Å². The molecule has 0 spiro atoms. The third-order valence-corrected chi connectivity index (χ3v) is 2.26. The number of allylic oxidation sites excluding steroid dienone is 1. The summed E-state index contributed by atoms with van der Waals surface area (Å²) in [5, 5.41) is 2.59. The molecule has 0 saturated heterocycles. The molecule has 0 heterocycles. The number of rotatable bonds is 8. The summed E-state index contributed by atoms with van der Waals surface area (Å²) >= 11 is 0. The Morgan fingerprint density at radius 3 is 2.56 bits per heavy atom. The molecule has 0 aromatic heterocycles. The molecule has 4 heteroatoms. The van der Waals surface area contributed by atoms with Crippen molar-refractivity contribution < 1.29 is 14.3 Å². The van der Waals surface area contributed by atoms with E-state index < -0.39 is 6.04 Å². The van der Waals surface area contributed by atoms with E-state index in [1.807, 2.05) is 6.08 Å². The Morgan fingerprint density at radius 1 is 1.38 bits per heavy atom. The maximum Gasteiger partial charge on any atom is 0.328 e. The van der Waals surface area contributed by atoms with E-state index in [0.717, 1.165) is 25.7 Å². The van der Waals surface area contributed by atoms with Crippen LogP contribution in [0.4, 0.5) is 0 Å². The maximum absolute atomic E-state index is 11.3. The zero-order chi connectivity index (χ0) is 12.4. The highest BCUT2D eigenvalue weighted by atomic mass is 16.5. The van der Waals surface area contributed by atoms with Crippen LogP contribution in [0.2, 0.25) is 0 Å². The Balaban J connectivity index is 3.87. The Bertz CT molecular complexity index is 238. The molecule has 0 fully saturated rings. The number of nitrogens with one attached hydrogen (secondary N) is 1. The Morgan fingerprint density at radius 2 is 2.06 bits per heavy atom. The predicted molar refractivity (Wildman–Crippen MR) is 62.9 cm³/mol. The molecular weight excluding hydrogens is 206 g/mol. The van der Waals surface area contributed by atoms with E-state index in [1.54, 1.807) is 0 Å². The molecule has 0 aromatic rings. The summed E-state index contributed by atoms with van der Waals surface area (Å²) in [5.41, 5.74) is 0. The molecule has 0 unspecified atom stereocenters. The standard InChI is InChI=1S/C12H21NO3/c1-4-5-6-7-8-9-11(12(15)16-3)13-10(2)14/h4,11H,1,5-9H2,2-3H3,(H,13,14)/t11-/m1/s1. The number of hydrogen-bond acceptors (Lipinski definition) is 3. The SMILES string of the molecule is C=CCCCCC[C@@H](NC(C)=O)C(=O)OC. The van der Waals surface area contributed by atoms with Crippen molar-refractivity contribution >= 4 is 11.9 Å². The minimum atomic E-state index is -0.508. The van der Waals surface area contributed by atoms with Gasteiger partial charge in [-0.15, -0.1) is 6.58 Å². The van der Waals surface area contributed by atoms with Crippen LogP contribution in [-0.2, 0) is 14.3 Å². The molecule has 4 nitrogen and oxygen atoms in total. The van der Waals surface area contributed by atoms with Crippen LogP contribution in [0, 0.1) is 0 Å². The van der Waals surface area contributed by atoms with Crippen LogP contribution in [0.25, 0.3) is 0 Å². The van der Waals surface area contributed by atoms with Crippen molar-refractivity contribution in [3.05, 3.63) is 12.7 Å². The first kappa shape index (κ1) is 14.7. The van der Waals surface area contributed by atoms with Crippen LogP contribution in [-0.4, -0.2) is 25.0 Å². The number of methoxy groups -OCH3 is 1. The summed E-state index contributed by atoms with van der Waals surface area (Å²) in [7, 11) is 1.33. The second-order valence-corrected chi connectivity index (χ2v) is 3.70. The zero-order valence-corrected chi connectivity index (χ0v) is 10.1. The van der Waals surface area contributed by atoms with Gasteiger partial charge in [0.25, 0.3) is 0 Å². The predicted octanol–water partition coefficient (Wildman–Crippen LogP) is 1.80. The van der Waals surface area contributed by atoms with Gasteiger partial charge in [-0.05, 0) is 19.3 Å². The summed E-state index contributed by atoms with van der Waals surface area (Å²) in [6.45, 7) is 5.04. The van der Waals surface area contributed by atoms with E-state index >= 15 is 0 Å². The number of unbranched alkanes of at least 4 members (excludes halogenated alkanes) is 3. The molecule has 0 bridgehead atoms. The lowest BCUT2D eigenvalue weighted by molar-refractivity contribution is -0.145. The van der Waals surface area contributed by atoms with Crippen LogP contribution in [0.1, 0.15) is 39.0 Å². The third-order valence-electron chi connectivity index (χ3n) is 2.26. The van der Waals surface area contributed by atoms with Gasteiger partial charge >= 0.3 is 5.97 Å². The fourth-order valence-corrected chi connectivity index (χ4v) is 1.45. The van der Waals surface area contributed by atoms with Gasteiger partial charge in [0.05, 0.1) is 7.11 Å². The smallest absolute Gasteiger partial charge is 0.328 e. The van der Waals surface area contributed by atoms with E-state index in [9.17, 15) is 9.59 Å². The van der Waals surface area contributed by atoms with Gasteiger partial charge in [0.1, 0.15) is 6.04 Å². The van der Waals surface area contributed by atoms with Gasteiger partial charge in [0.15, 0.2) is 0 Å². The van der Waals surface area contributed by atoms with E-state index in [-0.39, 0.29) is 11.9 Å². The van der Waals surface area contributed by atoms with Gasteiger partial charge in [0, 0.05) is 6.92 Å². The van der Waals surface area contributed by atoms with Gasteiger partial charge in [-0.1, -0.05) is 18.9 Å². The van der Waals surface area contributed by atoms with Crippen molar-refractivity contribution in [2.45, 2.75) is 45.1 Å². The highest BCUT2D eigenvalue weighted by Gasteiger charge is 2.18. The first-order valence-electron chi connectivity index (χ1n) is 5.57. The lowest BCUT2D eigenvalue weighted by Crippen LogP contribution is -2.40. The number of ether oxygens (including phenoxy) is 1. The normalized spacial score (nSPS) is 11.6. The van der Waals surface area contributed by atoms with Crippen molar-refractivity contribution in [1.82, 2.24) is 5.32 Å². The third kappa shape index (κ3) is 7.04. The van der Waals surface area contributed by atoms with Crippen molar-refractivity contribution in [3.63, 3.8) is 0 Å². The van der Waals surface area contributed by atoms with E-state index in [4.69, 9.17) is 0 Å². The van der Waals surface area contributed by atoms with Gasteiger partial charge in [-0.25, -0.2) is 4.79 Å². The first-order valence-corrected chi connectivity index (χ1v) is 5.57. The fourth-order valence-electron chi connectivity index (χ4n) is 1.45. The summed E-state index contributed by atoms with van der Waals surface area (Å²) in [4.78, 5) is 22.2. The highest BCUT2D eigenvalue weighted by Crippen LogP contribution is 2.07. The van der Waals surface area contributed by atoms with E-state index in [2.05, 4.69) is 16.6 Å². The van der Waals surface area contributed by atoms with Crippen LogP contribution in [0.15, 0.2) is 12.7 Å². The number of carbonyl (C=O) groups is 2. The molecule has 0 radical (unpaired) electrons. The second kappa shape index (κ2) is 8.95. The van der Waals surface area contributed by atoms with Crippen molar-refractivity contribution in [2.24, 2.45) is 0 Å². The minimum Gasteiger partial charge on any atom is -0.467 e. The molecule has 0 saturated carbocycles. The molecular formula is C12H21NO3. The molecule has 1 amide bonds. The zero-order valence-electron chi connectivity index (χ0n) is 10.1. The van der Waals surface area contributed by atoms with Crippen LogP contribution in [0.3, 0.4) is 0 Å². The fraction of sp³-hybridized carbons (Fsp3) is 0.667. The molecule has 92 valence electrons. The number of esters is 1. The summed E-state index contributed by atoms with van der Waals surface area (Å²) in [6, 6.07) is -0.508. The number of amides is 1. The summed E-state index contributed by atoms with van der Waals surface area (Å²) in [5.74, 6) is -0.583. The topological polar surface area (TPSA) is 55.4 Å². The molecule has 0 aliphatic rings. The first-order chi connectivity index (χ1) is 7.61. The quantitative estimate of drug-likeness (QED) is 0.391. The highest BCUT2D eigenvalue weighted by molar-refractivity contribution is 5.83. The average molecular weight is 227 g/mol. The van der Waals surface area contributed by atoms with E-state index in [1.165, 1.54) is 14.0 Å². The van der Waals surface area contributed by atoms with Gasteiger partial charge in [-0.3, -0.25) is 4.79 Å². The summed E-state index contributed by atoms with van der Waals surface area (Å²) < 4.78 is 4.62. The second-order valence-electron chi connectivity index (χ2n) is 3.70. The molecule has 0 aliphatic heterocycles. The maximum atomic E-state index is 11.3. The Kier molecular flexibility index (Phi) is 8.21. The van der Waals surface area contributed by atoms with Gasteiger partial charge in [-0.2, -0.15) is 0 Å². The monoisotopic (exact) mass is 227 g/mol. The largest absolute Gasteiger partial charge is 0.467 e. The number of hydrogen-bond donors (Lipinski definition) is 1. The van der Waals surface area contributed by atoms with Crippen molar-refractivity contribution in [1.29, 1.82) is 0 Å². The lowest BCUT2D eigenvalue weighted by atomic mass is 10.1. The Hall–Kier alpha value is -1.32. The minimum absolute atomic E-state index is 0.207. The molecule has 16 heavy (non-hydrogen) atoms. The molecule has 1 atom stereocenters. The number of carbonyl (C=O) groups excluding carboxylic acids is 2. The van der Waals surface area contributed by atoms with E-state index in [0.29, 0.717) is 6.42 Å². The van der Waals surface area contributed by atoms with Gasteiger partial charge in [0.2, 0.25) is 5.91 Å². The van der Waals surface area contributed by atoms with Crippen LogP contribution >= 0.6 is 0 Å². The van der Waals surface area contributed by atoms with Crippen molar-refractivity contribution in [2.75, 3.05) is 7.11 Å². The molecule has 1 N–H and O–H groups in total. The van der Waals surface area contributed by atoms with Crippen LogP contribution in [0.5, 0.6) is 0 Å². The molecule has 0 aliphatic carbocycles. The molecule has 0 aromatic carbocycles. The van der Waals surface area contributed by atoms with Crippen molar-refractivity contribution in [3.8, 4) is 0 Å². The van der Waals surface area contributed by atoms with Gasteiger partial charge < -0.3 is 10.1 Å². The Labute approximate surface area is 97.1 Å². The summed E-state index contributed by atoms with van der Waals surface area (Å²) in [6.07, 6.45) is 6.49. The average Bonchev–Trinajstić information content (AvgIpc) is 2.25.